The van der Waals surface area contributed by atoms with E-state index in [9.17, 15) is 9.59 Å². The number of halogens is 1. The summed E-state index contributed by atoms with van der Waals surface area (Å²) in [4.78, 5) is 20.6. The molecule has 2 N–H and O–H groups in total. The van der Waals surface area contributed by atoms with Crippen molar-refractivity contribution in [2.45, 2.75) is 63.6 Å². The maximum Gasteiger partial charge on any atom is 0.321 e. The number of aliphatic carboxylic acids is 2. The molecule has 0 aliphatic rings. The van der Waals surface area contributed by atoms with E-state index >= 15 is 0 Å². The fraction of sp³-hybridized carbons (Fsp3) is 0.417. The van der Waals surface area contributed by atoms with Crippen LogP contribution in [0, 0.1) is 0 Å². The minimum atomic E-state index is -0.862. The van der Waals surface area contributed by atoms with E-state index in [4.69, 9.17) is 10.2 Å². The van der Waals surface area contributed by atoms with Crippen molar-refractivity contribution in [1.82, 2.24) is 0 Å². The van der Waals surface area contributed by atoms with Gasteiger partial charge in [0.2, 0.25) is 0 Å². The molecule has 4 nitrogen and oxygen atoms in total. The monoisotopic (exact) mass is 462 g/mol. The third-order valence-electron chi connectivity index (χ3n) is 4.46. The lowest BCUT2D eigenvalue weighted by molar-refractivity contribution is -0.137. The smallest absolute Gasteiger partial charge is 0.321 e. The Balaban J connectivity index is 0.000000291. The number of carboxylic acid groups (broad SMARTS) is 2. The van der Waals surface area contributed by atoms with Gasteiger partial charge in [0.1, 0.15) is 4.83 Å². The van der Waals surface area contributed by atoms with Gasteiger partial charge in [0, 0.05) is 0 Å². The van der Waals surface area contributed by atoms with Crippen LogP contribution >= 0.6 is 15.9 Å². The van der Waals surface area contributed by atoms with Gasteiger partial charge < -0.3 is 10.2 Å². The molecule has 0 aliphatic carbocycles. The standard InChI is InChI=1S/C12H15BrO2.C12H16O2/c1-12(2,3)9-6-4-8(5-7-9)10(13)11(14)15;1-12(2,3)10-6-4-9(5-7-10)8-11(13)14/h4-7,10H,1-3H3,(H,14,15);4-7H,8H2,1-3H3,(H,13,14). The van der Waals surface area contributed by atoms with Gasteiger partial charge >= 0.3 is 11.9 Å². The third kappa shape index (κ3) is 8.40. The molecule has 0 aliphatic heterocycles. The fourth-order valence-corrected chi connectivity index (χ4v) is 2.90. The predicted molar refractivity (Wildman–Crippen MR) is 121 cm³/mol. The van der Waals surface area contributed by atoms with E-state index in [0.717, 1.165) is 11.1 Å². The molecule has 1 unspecified atom stereocenters. The highest BCUT2D eigenvalue weighted by Crippen LogP contribution is 2.27. The van der Waals surface area contributed by atoms with Gasteiger partial charge in [-0.05, 0) is 33.1 Å². The van der Waals surface area contributed by atoms with Crippen LogP contribution < -0.4 is 0 Å². The number of carboxylic acids is 2. The lowest BCUT2D eigenvalue weighted by atomic mass is 9.86. The zero-order chi connectivity index (χ0) is 22.4. The quantitative estimate of drug-likeness (QED) is 0.536. The molecule has 2 rings (SSSR count). The van der Waals surface area contributed by atoms with Gasteiger partial charge in [0.05, 0.1) is 6.42 Å². The Labute approximate surface area is 182 Å². The molecule has 0 fully saturated rings. The molecule has 0 heterocycles. The van der Waals surface area contributed by atoms with Crippen LogP contribution in [-0.4, -0.2) is 22.2 Å². The van der Waals surface area contributed by atoms with Crippen LogP contribution in [0.3, 0.4) is 0 Å². The summed E-state index contributed by atoms with van der Waals surface area (Å²) in [6, 6.07) is 15.4. The minimum absolute atomic E-state index is 0.101. The second-order valence-corrected chi connectivity index (χ2v) is 10.0. The van der Waals surface area contributed by atoms with Crippen molar-refractivity contribution in [3.05, 3.63) is 70.8 Å². The van der Waals surface area contributed by atoms with Gasteiger partial charge in [-0.15, -0.1) is 0 Å². The molecule has 0 spiro atoms. The number of hydrogen-bond acceptors (Lipinski definition) is 2. The highest BCUT2D eigenvalue weighted by Gasteiger charge is 2.18. The van der Waals surface area contributed by atoms with Crippen LogP contribution in [0.15, 0.2) is 48.5 Å². The second kappa shape index (κ2) is 10.1. The predicted octanol–water partition coefficient (Wildman–Crippen LogP) is 6.12. The average molecular weight is 463 g/mol. The molecule has 29 heavy (non-hydrogen) atoms. The second-order valence-electron chi connectivity index (χ2n) is 9.09. The number of carbonyl (C=O) groups is 2. The van der Waals surface area contributed by atoms with Gasteiger partial charge in [-0.25, -0.2) is 0 Å². The minimum Gasteiger partial charge on any atom is -0.481 e. The van der Waals surface area contributed by atoms with Crippen molar-refractivity contribution in [3.8, 4) is 0 Å². The van der Waals surface area contributed by atoms with Gasteiger partial charge in [-0.1, -0.05) is 106 Å². The highest BCUT2D eigenvalue weighted by molar-refractivity contribution is 9.09. The molecular formula is C24H31BrO4. The summed E-state index contributed by atoms with van der Waals surface area (Å²) < 4.78 is 0. The maximum atomic E-state index is 10.7. The average Bonchev–Trinajstić information content (AvgIpc) is 2.60. The number of hydrogen-bond donors (Lipinski definition) is 2. The molecule has 5 heteroatoms. The lowest BCUT2D eigenvalue weighted by Gasteiger charge is -2.19. The van der Waals surface area contributed by atoms with Crippen molar-refractivity contribution < 1.29 is 19.8 Å². The Hall–Kier alpha value is -2.14. The Bertz CT molecular complexity index is 810. The molecule has 2 aromatic rings. The van der Waals surface area contributed by atoms with Gasteiger partial charge in [0.15, 0.2) is 0 Å². The van der Waals surface area contributed by atoms with E-state index in [0.29, 0.717) is 0 Å². The summed E-state index contributed by atoms with van der Waals surface area (Å²) >= 11 is 3.13. The van der Waals surface area contributed by atoms with Crippen LogP contribution in [0.1, 0.15) is 68.6 Å². The van der Waals surface area contributed by atoms with Crippen LogP contribution in [0.4, 0.5) is 0 Å². The molecule has 0 saturated heterocycles. The zero-order valence-corrected chi connectivity index (χ0v) is 19.6. The van der Waals surface area contributed by atoms with Crippen LogP contribution in [0.2, 0.25) is 0 Å². The van der Waals surface area contributed by atoms with E-state index in [1.165, 1.54) is 11.1 Å². The van der Waals surface area contributed by atoms with E-state index in [2.05, 4.69) is 57.5 Å². The first-order chi connectivity index (χ1) is 13.2. The number of rotatable bonds is 4. The van der Waals surface area contributed by atoms with Crippen molar-refractivity contribution in [1.29, 1.82) is 0 Å². The Morgan fingerprint density at radius 1 is 0.793 bits per heavy atom. The molecular weight excluding hydrogens is 432 g/mol. The summed E-state index contributed by atoms with van der Waals surface area (Å²) in [7, 11) is 0. The fourth-order valence-electron chi connectivity index (χ4n) is 2.59. The SMILES string of the molecule is CC(C)(C)c1ccc(C(Br)C(=O)O)cc1.CC(C)(C)c1ccc(CC(=O)O)cc1. The Morgan fingerprint density at radius 2 is 1.17 bits per heavy atom. The largest absolute Gasteiger partial charge is 0.481 e. The zero-order valence-electron chi connectivity index (χ0n) is 18.0. The summed E-state index contributed by atoms with van der Waals surface area (Å²) in [5.74, 6) is -1.65. The van der Waals surface area contributed by atoms with Gasteiger partial charge in [-0.3, -0.25) is 9.59 Å². The van der Waals surface area contributed by atoms with E-state index in [1.807, 2.05) is 48.5 Å². The highest BCUT2D eigenvalue weighted by atomic mass is 79.9. The summed E-state index contributed by atoms with van der Waals surface area (Å²) in [6.45, 7) is 12.8. The topological polar surface area (TPSA) is 74.6 Å². The normalized spacial score (nSPS) is 12.5. The van der Waals surface area contributed by atoms with E-state index in [-0.39, 0.29) is 17.3 Å². The molecule has 0 bridgehead atoms. The number of alkyl halides is 1. The van der Waals surface area contributed by atoms with Crippen molar-refractivity contribution in [2.75, 3.05) is 0 Å². The molecule has 1 atom stereocenters. The Morgan fingerprint density at radius 3 is 1.48 bits per heavy atom. The molecule has 0 aromatic heterocycles. The van der Waals surface area contributed by atoms with E-state index in [1.54, 1.807) is 0 Å². The summed E-state index contributed by atoms with van der Waals surface area (Å²) in [6.07, 6.45) is 0.102. The van der Waals surface area contributed by atoms with Gasteiger partial charge in [-0.2, -0.15) is 0 Å². The molecule has 2 aromatic carbocycles. The van der Waals surface area contributed by atoms with Crippen molar-refractivity contribution in [2.24, 2.45) is 0 Å². The first-order valence-electron chi connectivity index (χ1n) is 9.50. The Kier molecular flexibility index (Phi) is 8.64. The molecule has 0 radical (unpaired) electrons. The summed E-state index contributed by atoms with van der Waals surface area (Å²) in [5, 5.41) is 17.4. The van der Waals surface area contributed by atoms with Crippen LogP contribution in [-0.2, 0) is 26.8 Å². The van der Waals surface area contributed by atoms with Crippen molar-refractivity contribution >= 4 is 27.9 Å². The van der Waals surface area contributed by atoms with Gasteiger partial charge in [0.25, 0.3) is 0 Å². The molecule has 158 valence electrons. The van der Waals surface area contributed by atoms with Crippen molar-refractivity contribution in [3.63, 3.8) is 0 Å². The van der Waals surface area contributed by atoms with E-state index < -0.39 is 16.8 Å². The molecule has 0 amide bonds. The lowest BCUT2D eigenvalue weighted by Crippen LogP contribution is -2.11. The first-order valence-corrected chi connectivity index (χ1v) is 10.4. The first kappa shape index (κ1) is 24.9. The third-order valence-corrected chi connectivity index (χ3v) is 5.38. The maximum absolute atomic E-state index is 10.7. The van der Waals surface area contributed by atoms with Crippen LogP contribution in [0.5, 0.6) is 0 Å². The summed E-state index contributed by atoms with van der Waals surface area (Å²) in [5.41, 5.74) is 4.29. The number of benzene rings is 2. The van der Waals surface area contributed by atoms with Crippen LogP contribution in [0.25, 0.3) is 0 Å². The molecule has 0 saturated carbocycles.